The number of hydrogen-bond acceptors (Lipinski definition) is 4. The van der Waals surface area contributed by atoms with Crippen LogP contribution in [0.2, 0.25) is 0 Å². The van der Waals surface area contributed by atoms with E-state index in [-0.39, 0.29) is 29.9 Å². The van der Waals surface area contributed by atoms with Crippen LogP contribution in [-0.2, 0) is 27.4 Å². The summed E-state index contributed by atoms with van der Waals surface area (Å²) >= 11 is 0. The number of amides is 1. The number of unbranched alkanes of at least 4 members (excludes halogenated alkanes) is 1. The van der Waals surface area contributed by atoms with Crippen LogP contribution in [-0.4, -0.2) is 62.8 Å². The van der Waals surface area contributed by atoms with Crippen LogP contribution in [0, 0.1) is 0 Å². The van der Waals surface area contributed by atoms with Crippen molar-refractivity contribution in [2.75, 3.05) is 46.1 Å². The Balaban J connectivity index is 0.00000480. The second-order valence-electron chi connectivity index (χ2n) is 7.39. The number of ether oxygens (including phenoxy) is 2. The van der Waals surface area contributed by atoms with E-state index in [1.165, 1.54) is 11.1 Å². The van der Waals surface area contributed by atoms with Crippen molar-refractivity contribution in [2.45, 2.75) is 52.6 Å². The highest BCUT2D eigenvalue weighted by Gasteiger charge is 2.22. The normalized spacial score (nSPS) is 13.0. The minimum absolute atomic E-state index is 0. The van der Waals surface area contributed by atoms with Crippen molar-refractivity contribution in [3.63, 3.8) is 0 Å². The van der Waals surface area contributed by atoms with Gasteiger partial charge in [0.05, 0.1) is 19.8 Å². The molecule has 31 heavy (non-hydrogen) atoms. The summed E-state index contributed by atoms with van der Waals surface area (Å²) in [5, 5.41) is 6.49. The quantitative estimate of drug-likeness (QED) is 0.162. The Morgan fingerprint density at radius 3 is 2.32 bits per heavy atom. The summed E-state index contributed by atoms with van der Waals surface area (Å²) in [5.74, 6) is 0.968. The third-order valence-electron chi connectivity index (χ3n) is 4.91. The maximum absolute atomic E-state index is 12.5. The number of rotatable bonds is 14. The fourth-order valence-corrected chi connectivity index (χ4v) is 3.24. The molecule has 176 valence electrons. The van der Waals surface area contributed by atoms with Crippen LogP contribution in [0.3, 0.4) is 0 Å². The zero-order chi connectivity index (χ0) is 21.4. The second-order valence-corrected chi connectivity index (χ2v) is 7.39. The molecule has 0 spiro atoms. The lowest BCUT2D eigenvalue weighted by atomic mass is 10.1. The van der Waals surface area contributed by atoms with Crippen LogP contribution in [0.5, 0.6) is 0 Å². The van der Waals surface area contributed by atoms with Crippen LogP contribution in [0.4, 0.5) is 0 Å². The first kappa shape index (κ1) is 27.6. The molecule has 2 rings (SSSR count). The molecule has 0 fully saturated rings. The SMILES string of the molecule is CCCCOCCOCCNC(=NCCCC(=O)N1Cc2ccccc2C1)NCC.I. The largest absolute Gasteiger partial charge is 0.379 e. The van der Waals surface area contributed by atoms with Gasteiger partial charge in [0.2, 0.25) is 5.91 Å². The summed E-state index contributed by atoms with van der Waals surface area (Å²) in [6.07, 6.45) is 3.52. The van der Waals surface area contributed by atoms with Crippen LogP contribution in [0.15, 0.2) is 29.3 Å². The molecule has 7 nitrogen and oxygen atoms in total. The standard InChI is InChI=1S/C23H38N4O3.HI/c1-3-5-14-29-16-17-30-15-13-26-23(24-4-2)25-12-8-11-22(28)27-18-20-9-6-7-10-21(20)19-27;/h6-7,9-10H,3-5,8,11-19H2,1-2H3,(H2,24,25,26);1H. The van der Waals surface area contributed by atoms with Gasteiger partial charge in [-0.3, -0.25) is 9.79 Å². The van der Waals surface area contributed by atoms with Gasteiger partial charge >= 0.3 is 0 Å². The van der Waals surface area contributed by atoms with Crippen molar-refractivity contribution < 1.29 is 14.3 Å². The van der Waals surface area contributed by atoms with E-state index in [0.717, 1.165) is 51.5 Å². The molecule has 0 saturated carbocycles. The van der Waals surface area contributed by atoms with Crippen molar-refractivity contribution in [2.24, 2.45) is 4.99 Å². The van der Waals surface area contributed by atoms with Gasteiger partial charge in [0.1, 0.15) is 0 Å². The molecule has 0 bridgehead atoms. The third kappa shape index (κ3) is 11.2. The number of guanidine groups is 1. The van der Waals surface area contributed by atoms with Gasteiger partial charge in [-0.1, -0.05) is 37.6 Å². The third-order valence-corrected chi connectivity index (χ3v) is 4.91. The van der Waals surface area contributed by atoms with E-state index in [1.807, 2.05) is 24.0 Å². The topological polar surface area (TPSA) is 75.2 Å². The minimum atomic E-state index is 0. The Bertz CT molecular complexity index is 632. The van der Waals surface area contributed by atoms with Crippen molar-refractivity contribution >= 4 is 35.8 Å². The molecule has 0 saturated heterocycles. The average molecular weight is 546 g/mol. The van der Waals surface area contributed by atoms with Crippen LogP contribution in [0.25, 0.3) is 0 Å². The van der Waals surface area contributed by atoms with E-state index < -0.39 is 0 Å². The molecule has 1 amide bonds. The molecule has 0 aliphatic carbocycles. The summed E-state index contributed by atoms with van der Waals surface area (Å²) in [6, 6.07) is 8.27. The van der Waals surface area contributed by atoms with E-state index in [2.05, 4.69) is 34.7 Å². The molecule has 2 N–H and O–H groups in total. The van der Waals surface area contributed by atoms with E-state index in [4.69, 9.17) is 9.47 Å². The lowest BCUT2D eigenvalue weighted by Gasteiger charge is -2.15. The molecule has 0 aromatic heterocycles. The molecule has 0 atom stereocenters. The number of aliphatic imine (C=N–C) groups is 1. The van der Waals surface area contributed by atoms with Crippen molar-refractivity contribution in [1.29, 1.82) is 0 Å². The van der Waals surface area contributed by atoms with Crippen molar-refractivity contribution in [3.05, 3.63) is 35.4 Å². The predicted molar refractivity (Wildman–Crippen MR) is 136 cm³/mol. The summed E-state index contributed by atoms with van der Waals surface area (Å²) in [5.41, 5.74) is 2.52. The molecule has 0 unspecified atom stereocenters. The smallest absolute Gasteiger partial charge is 0.223 e. The maximum Gasteiger partial charge on any atom is 0.223 e. The summed E-state index contributed by atoms with van der Waals surface area (Å²) in [7, 11) is 0. The Kier molecular flexibility index (Phi) is 15.3. The number of hydrogen-bond donors (Lipinski definition) is 2. The molecule has 1 heterocycles. The monoisotopic (exact) mass is 546 g/mol. The molecule has 8 heteroatoms. The maximum atomic E-state index is 12.5. The fourth-order valence-electron chi connectivity index (χ4n) is 3.24. The number of carbonyl (C=O) groups excluding carboxylic acids is 1. The van der Waals surface area contributed by atoms with Crippen molar-refractivity contribution in [1.82, 2.24) is 15.5 Å². The van der Waals surface area contributed by atoms with Crippen LogP contribution >= 0.6 is 24.0 Å². The second kappa shape index (κ2) is 17.2. The highest BCUT2D eigenvalue weighted by atomic mass is 127. The minimum Gasteiger partial charge on any atom is -0.379 e. The highest BCUT2D eigenvalue weighted by molar-refractivity contribution is 14.0. The number of nitrogens with one attached hydrogen (secondary N) is 2. The molecular formula is C23H39IN4O3. The number of nitrogens with zero attached hydrogens (tertiary/aromatic N) is 2. The van der Waals surface area contributed by atoms with Crippen molar-refractivity contribution in [3.8, 4) is 0 Å². The summed E-state index contributed by atoms with van der Waals surface area (Å²) in [4.78, 5) is 19.0. The first-order valence-electron chi connectivity index (χ1n) is 11.3. The van der Waals surface area contributed by atoms with E-state index in [0.29, 0.717) is 39.3 Å². The van der Waals surface area contributed by atoms with Gasteiger partial charge in [-0.05, 0) is 30.9 Å². The van der Waals surface area contributed by atoms with Crippen LogP contribution in [0.1, 0.15) is 50.7 Å². The molecule has 1 aliphatic rings. The molecule has 1 aliphatic heterocycles. The fraction of sp³-hybridized carbons (Fsp3) is 0.652. The number of benzene rings is 1. The number of carbonyl (C=O) groups is 1. The van der Waals surface area contributed by atoms with Gasteiger partial charge < -0.3 is 25.0 Å². The van der Waals surface area contributed by atoms with Gasteiger partial charge in [0, 0.05) is 45.8 Å². The molecule has 1 aromatic carbocycles. The Morgan fingerprint density at radius 2 is 1.68 bits per heavy atom. The molecule has 0 radical (unpaired) electrons. The van der Waals surface area contributed by atoms with Gasteiger partial charge in [-0.15, -0.1) is 24.0 Å². The average Bonchev–Trinajstić information content (AvgIpc) is 3.19. The van der Waals surface area contributed by atoms with E-state index >= 15 is 0 Å². The van der Waals surface area contributed by atoms with Gasteiger partial charge in [0.25, 0.3) is 0 Å². The Labute approximate surface area is 204 Å². The molecular weight excluding hydrogens is 507 g/mol. The lowest BCUT2D eigenvalue weighted by molar-refractivity contribution is -0.131. The van der Waals surface area contributed by atoms with Gasteiger partial charge in [-0.25, -0.2) is 0 Å². The van der Waals surface area contributed by atoms with Gasteiger partial charge in [0.15, 0.2) is 5.96 Å². The summed E-state index contributed by atoms with van der Waals surface area (Å²) < 4.78 is 11.0. The number of halogens is 1. The van der Waals surface area contributed by atoms with E-state index in [9.17, 15) is 4.79 Å². The molecule has 1 aromatic rings. The van der Waals surface area contributed by atoms with Crippen LogP contribution < -0.4 is 10.6 Å². The predicted octanol–water partition coefficient (Wildman–Crippen LogP) is 3.32. The number of fused-ring (bicyclic) bond motifs is 1. The Morgan fingerprint density at radius 1 is 1.00 bits per heavy atom. The zero-order valence-electron chi connectivity index (χ0n) is 19.0. The Hall–Kier alpha value is -1.39. The zero-order valence-corrected chi connectivity index (χ0v) is 21.4. The summed E-state index contributed by atoms with van der Waals surface area (Å²) in [6.45, 7) is 10.4. The lowest BCUT2D eigenvalue weighted by Crippen LogP contribution is -2.39. The van der Waals surface area contributed by atoms with E-state index in [1.54, 1.807) is 0 Å². The highest BCUT2D eigenvalue weighted by Crippen LogP contribution is 2.22. The van der Waals surface area contributed by atoms with Gasteiger partial charge in [-0.2, -0.15) is 0 Å². The first-order valence-corrected chi connectivity index (χ1v) is 11.3. The first-order chi connectivity index (χ1) is 14.7.